The van der Waals surface area contributed by atoms with Gasteiger partial charge in [-0.2, -0.15) is 5.26 Å². The second-order valence-corrected chi connectivity index (χ2v) is 7.39. The number of benzene rings is 1. The molecule has 4 amide bonds. The summed E-state index contributed by atoms with van der Waals surface area (Å²) in [6.45, 7) is 2.57. The number of nitriles is 1. The fraction of sp³-hybridized carbons (Fsp3) is 0.444. The third kappa shape index (κ3) is 3.26. The van der Waals surface area contributed by atoms with Crippen LogP contribution in [-0.2, 0) is 15.1 Å². The van der Waals surface area contributed by atoms with Gasteiger partial charge < -0.3 is 10.6 Å². The highest BCUT2D eigenvalue weighted by Crippen LogP contribution is 2.39. The summed E-state index contributed by atoms with van der Waals surface area (Å²) in [5.74, 6) is -1.19. The van der Waals surface area contributed by atoms with Gasteiger partial charge in [-0.15, -0.1) is 0 Å². The summed E-state index contributed by atoms with van der Waals surface area (Å²) in [4.78, 5) is 48.5. The van der Waals surface area contributed by atoms with Crippen LogP contribution in [0.4, 0.5) is 10.5 Å². The highest BCUT2D eigenvalue weighted by molar-refractivity contribution is 6.09. The van der Waals surface area contributed by atoms with Crippen LogP contribution in [0, 0.1) is 27.4 Å². The molecule has 0 unspecified atom stereocenters. The van der Waals surface area contributed by atoms with Crippen LogP contribution in [0.1, 0.15) is 32.3 Å². The molecule has 1 saturated heterocycles. The minimum Gasteiger partial charge on any atom is -0.336 e. The molecule has 1 aliphatic heterocycles. The van der Waals surface area contributed by atoms with E-state index in [1.165, 1.54) is 31.2 Å². The van der Waals surface area contributed by atoms with Crippen molar-refractivity contribution in [2.24, 2.45) is 5.92 Å². The van der Waals surface area contributed by atoms with Gasteiger partial charge in [0.25, 0.3) is 11.6 Å². The average Bonchev–Trinajstić information content (AvgIpc) is 3.48. The Balaban J connectivity index is 1.75. The first-order valence-corrected chi connectivity index (χ1v) is 8.72. The van der Waals surface area contributed by atoms with E-state index in [1.807, 2.05) is 0 Å². The quantitative estimate of drug-likeness (QED) is 0.427. The van der Waals surface area contributed by atoms with Gasteiger partial charge in [-0.1, -0.05) is 0 Å². The van der Waals surface area contributed by atoms with Crippen LogP contribution in [0.3, 0.4) is 0 Å². The lowest BCUT2D eigenvalue weighted by atomic mass is 9.92. The Bertz CT molecular complexity index is 904. The van der Waals surface area contributed by atoms with Gasteiger partial charge in [-0.25, -0.2) is 4.79 Å². The number of nitro groups is 1. The molecule has 3 rings (SSSR count). The number of nitrogens with zero attached hydrogens (tertiary/aromatic N) is 3. The molecule has 0 spiro atoms. The maximum atomic E-state index is 12.8. The van der Waals surface area contributed by atoms with Gasteiger partial charge in [-0.3, -0.25) is 24.6 Å². The van der Waals surface area contributed by atoms with Gasteiger partial charge in [0.1, 0.15) is 17.6 Å². The van der Waals surface area contributed by atoms with Crippen molar-refractivity contribution in [1.82, 2.24) is 15.5 Å². The summed E-state index contributed by atoms with van der Waals surface area (Å²) in [5, 5.41) is 25.3. The molecule has 1 aliphatic carbocycles. The predicted octanol–water partition coefficient (Wildman–Crippen LogP) is 1.17. The Morgan fingerprint density at radius 2 is 2.04 bits per heavy atom. The van der Waals surface area contributed by atoms with Gasteiger partial charge in [0.15, 0.2) is 0 Å². The van der Waals surface area contributed by atoms with Crippen molar-refractivity contribution in [1.29, 1.82) is 5.26 Å². The highest BCUT2D eigenvalue weighted by atomic mass is 16.6. The zero-order chi connectivity index (χ0) is 20.7. The lowest BCUT2D eigenvalue weighted by Gasteiger charge is -2.25. The van der Waals surface area contributed by atoms with Crippen LogP contribution in [0.2, 0.25) is 0 Å². The number of carbonyl (C=O) groups excluding carboxylic acids is 3. The van der Waals surface area contributed by atoms with E-state index in [9.17, 15) is 29.8 Å². The van der Waals surface area contributed by atoms with E-state index >= 15 is 0 Å². The van der Waals surface area contributed by atoms with E-state index < -0.39 is 40.4 Å². The molecular formula is C18H19N5O5. The number of non-ortho nitro benzene ring substituents is 1. The summed E-state index contributed by atoms with van der Waals surface area (Å²) >= 11 is 0. The molecule has 1 aromatic carbocycles. The lowest BCUT2D eigenvalue weighted by Crippen LogP contribution is -2.51. The number of amides is 4. The number of hydrogen-bond acceptors (Lipinski definition) is 6. The summed E-state index contributed by atoms with van der Waals surface area (Å²) in [7, 11) is 0. The molecular weight excluding hydrogens is 366 g/mol. The van der Waals surface area contributed by atoms with Gasteiger partial charge in [0.2, 0.25) is 5.91 Å². The molecule has 2 N–H and O–H groups in total. The first-order valence-electron chi connectivity index (χ1n) is 8.72. The highest BCUT2D eigenvalue weighted by Gasteiger charge is 2.50. The van der Waals surface area contributed by atoms with E-state index in [1.54, 1.807) is 6.92 Å². The van der Waals surface area contributed by atoms with Crippen LogP contribution in [-0.4, -0.2) is 39.8 Å². The number of nitrogens with one attached hydrogen (secondary N) is 2. The molecule has 0 bridgehead atoms. The molecule has 2 fully saturated rings. The second-order valence-electron chi connectivity index (χ2n) is 7.39. The minimum atomic E-state index is -1.44. The Kier molecular flexibility index (Phi) is 4.54. The monoisotopic (exact) mass is 385 g/mol. The minimum absolute atomic E-state index is 0.0648. The number of nitro benzene ring substituents is 1. The van der Waals surface area contributed by atoms with Crippen molar-refractivity contribution in [2.45, 2.75) is 37.8 Å². The van der Waals surface area contributed by atoms with E-state index in [-0.39, 0.29) is 11.6 Å². The third-order valence-corrected chi connectivity index (χ3v) is 5.26. The van der Waals surface area contributed by atoms with Crippen LogP contribution >= 0.6 is 0 Å². The van der Waals surface area contributed by atoms with Crippen LogP contribution in [0.5, 0.6) is 0 Å². The van der Waals surface area contributed by atoms with Gasteiger partial charge >= 0.3 is 6.03 Å². The number of urea groups is 1. The zero-order valence-electron chi connectivity index (χ0n) is 15.4. The predicted molar refractivity (Wildman–Crippen MR) is 95.6 cm³/mol. The van der Waals surface area contributed by atoms with Gasteiger partial charge in [0.05, 0.1) is 11.0 Å². The standard InChI is InChI=1S/C18H19N5O5/c1-17(10-19,11-3-4-11)20-14(24)9-22-15(25)18(2,21-16(22)26)12-5-7-13(8-6-12)23(27)28/h5-8,11H,3-4,9H2,1-2H3,(H,20,24)(H,21,26)/t17-,18+/m1/s1. The van der Waals surface area contributed by atoms with E-state index in [2.05, 4.69) is 16.7 Å². The molecule has 10 heteroatoms. The Labute approximate surface area is 160 Å². The van der Waals surface area contributed by atoms with Crippen LogP contribution < -0.4 is 10.6 Å². The summed E-state index contributed by atoms with van der Waals surface area (Å²) in [6.07, 6.45) is 1.68. The molecule has 0 radical (unpaired) electrons. The first-order chi connectivity index (χ1) is 13.1. The van der Waals surface area contributed by atoms with Crippen molar-refractivity contribution in [2.75, 3.05) is 6.54 Å². The van der Waals surface area contributed by atoms with E-state index in [0.29, 0.717) is 5.56 Å². The number of hydrogen-bond donors (Lipinski definition) is 2. The summed E-state index contributed by atoms with van der Waals surface area (Å²) in [5.41, 5.74) is -2.25. The van der Waals surface area contributed by atoms with Crippen molar-refractivity contribution < 1.29 is 19.3 Å². The summed E-state index contributed by atoms with van der Waals surface area (Å²) < 4.78 is 0. The molecule has 1 heterocycles. The van der Waals surface area contributed by atoms with Gasteiger partial charge in [-0.05, 0) is 50.3 Å². The second kappa shape index (κ2) is 6.60. The van der Waals surface area contributed by atoms with E-state index in [4.69, 9.17) is 0 Å². The van der Waals surface area contributed by atoms with E-state index in [0.717, 1.165) is 17.7 Å². The van der Waals surface area contributed by atoms with Crippen LogP contribution in [0.25, 0.3) is 0 Å². The lowest BCUT2D eigenvalue weighted by molar-refractivity contribution is -0.384. The Morgan fingerprint density at radius 1 is 1.43 bits per heavy atom. The Morgan fingerprint density at radius 3 is 2.54 bits per heavy atom. The molecule has 10 nitrogen and oxygen atoms in total. The molecule has 0 aromatic heterocycles. The zero-order valence-corrected chi connectivity index (χ0v) is 15.4. The molecule has 2 atom stereocenters. The van der Waals surface area contributed by atoms with Crippen LogP contribution in [0.15, 0.2) is 24.3 Å². The molecule has 1 aromatic rings. The summed E-state index contributed by atoms with van der Waals surface area (Å²) in [6, 6.07) is 6.60. The number of imide groups is 1. The molecule has 1 saturated carbocycles. The smallest absolute Gasteiger partial charge is 0.325 e. The normalized spacial score (nSPS) is 23.5. The Hall–Kier alpha value is -3.48. The molecule has 28 heavy (non-hydrogen) atoms. The fourth-order valence-electron chi connectivity index (χ4n) is 3.31. The molecule has 2 aliphatic rings. The van der Waals surface area contributed by atoms with Crippen molar-refractivity contribution >= 4 is 23.5 Å². The topological polar surface area (TPSA) is 145 Å². The maximum absolute atomic E-state index is 12.8. The van der Waals surface area contributed by atoms with Crippen molar-refractivity contribution in [3.05, 3.63) is 39.9 Å². The first kappa shape index (κ1) is 19.3. The number of carbonyl (C=O) groups is 3. The third-order valence-electron chi connectivity index (χ3n) is 5.26. The van der Waals surface area contributed by atoms with Gasteiger partial charge in [0, 0.05) is 12.1 Å². The average molecular weight is 385 g/mol. The largest absolute Gasteiger partial charge is 0.336 e. The fourth-order valence-corrected chi connectivity index (χ4v) is 3.31. The van der Waals surface area contributed by atoms with Crippen molar-refractivity contribution in [3.8, 4) is 6.07 Å². The number of rotatable bonds is 6. The maximum Gasteiger partial charge on any atom is 0.325 e. The molecule has 146 valence electrons. The van der Waals surface area contributed by atoms with Crippen molar-refractivity contribution in [3.63, 3.8) is 0 Å². The SMILES string of the molecule is C[C@](C#N)(NC(=O)CN1C(=O)N[C@@](C)(c2ccc([N+](=O)[O-])cc2)C1=O)C1CC1.